The lowest BCUT2D eigenvalue weighted by Gasteiger charge is -2.13. The molecule has 0 saturated carbocycles. The minimum absolute atomic E-state index is 0.0578. The minimum atomic E-state index is -1.06. The molecular weight excluding hydrogens is 397 g/mol. The van der Waals surface area contributed by atoms with Crippen LogP contribution in [0.25, 0.3) is 6.08 Å². The average molecular weight is 415 g/mol. The maximum atomic E-state index is 13.0. The molecule has 0 spiro atoms. The molecule has 1 saturated heterocycles. The van der Waals surface area contributed by atoms with Crippen molar-refractivity contribution in [3.05, 3.63) is 70.4 Å². The van der Waals surface area contributed by atoms with E-state index in [0.29, 0.717) is 23.3 Å². The van der Waals surface area contributed by atoms with Gasteiger partial charge >= 0.3 is 5.97 Å². The van der Waals surface area contributed by atoms with E-state index in [2.05, 4.69) is 0 Å². The Bertz CT molecular complexity index is 973. The van der Waals surface area contributed by atoms with Gasteiger partial charge in [0.2, 0.25) is 0 Å². The van der Waals surface area contributed by atoms with Gasteiger partial charge in [-0.15, -0.1) is 0 Å². The molecule has 2 aromatic carbocycles. The van der Waals surface area contributed by atoms with E-state index in [0.717, 1.165) is 16.7 Å². The van der Waals surface area contributed by atoms with E-state index in [1.807, 2.05) is 0 Å². The number of thioether (sulfide) groups is 1. The van der Waals surface area contributed by atoms with Crippen LogP contribution in [0.3, 0.4) is 0 Å². The van der Waals surface area contributed by atoms with Crippen LogP contribution < -0.4 is 4.74 Å². The number of ether oxygens (including phenoxy) is 1. The van der Waals surface area contributed by atoms with Crippen LogP contribution in [0.4, 0.5) is 9.18 Å². The standard InChI is InChI=1S/C21H18FNO5S/c1-2-17(20(25)26)28-16-5-3-4-14(10-16)11-18-19(24)23(21(27)29-18)12-13-6-8-15(22)9-7-13/h3-11,17H,2,12H2,1H3,(H,25,26)/b18-11+. The Hall–Kier alpha value is -3.13. The van der Waals surface area contributed by atoms with Crippen molar-refractivity contribution in [2.45, 2.75) is 26.0 Å². The van der Waals surface area contributed by atoms with Crippen molar-refractivity contribution in [1.29, 1.82) is 0 Å². The molecule has 1 atom stereocenters. The van der Waals surface area contributed by atoms with Crippen LogP contribution in [0.1, 0.15) is 24.5 Å². The average Bonchev–Trinajstić information content (AvgIpc) is 2.95. The van der Waals surface area contributed by atoms with Crippen molar-refractivity contribution in [1.82, 2.24) is 4.90 Å². The summed E-state index contributed by atoms with van der Waals surface area (Å²) in [7, 11) is 0. The van der Waals surface area contributed by atoms with Gasteiger partial charge in [0.15, 0.2) is 6.10 Å². The zero-order chi connectivity index (χ0) is 21.0. The highest BCUT2D eigenvalue weighted by atomic mass is 32.2. The van der Waals surface area contributed by atoms with Gasteiger partial charge in [0.25, 0.3) is 11.1 Å². The summed E-state index contributed by atoms with van der Waals surface area (Å²) < 4.78 is 18.5. The van der Waals surface area contributed by atoms with E-state index in [1.54, 1.807) is 37.3 Å². The van der Waals surface area contributed by atoms with Crippen molar-refractivity contribution in [2.75, 3.05) is 0 Å². The van der Waals surface area contributed by atoms with E-state index in [1.165, 1.54) is 24.3 Å². The van der Waals surface area contributed by atoms with Gasteiger partial charge in [0, 0.05) is 0 Å². The van der Waals surface area contributed by atoms with Gasteiger partial charge in [0.1, 0.15) is 11.6 Å². The van der Waals surface area contributed by atoms with Crippen LogP contribution in [-0.4, -0.2) is 33.2 Å². The number of hydrogen-bond donors (Lipinski definition) is 1. The fourth-order valence-corrected chi connectivity index (χ4v) is 3.55. The SMILES string of the molecule is CCC(Oc1cccc(/C=C2/SC(=O)N(Cc3ccc(F)cc3)C2=O)c1)C(=O)O. The maximum Gasteiger partial charge on any atom is 0.344 e. The quantitative estimate of drug-likeness (QED) is 0.679. The van der Waals surface area contributed by atoms with Crippen LogP contribution in [0, 0.1) is 5.82 Å². The van der Waals surface area contributed by atoms with Crippen molar-refractivity contribution in [2.24, 2.45) is 0 Å². The first kappa shape index (κ1) is 20.6. The lowest BCUT2D eigenvalue weighted by molar-refractivity contribution is -0.145. The second kappa shape index (κ2) is 8.91. The van der Waals surface area contributed by atoms with Crippen LogP contribution in [0.15, 0.2) is 53.4 Å². The molecule has 0 aliphatic carbocycles. The number of carbonyl (C=O) groups is 3. The van der Waals surface area contributed by atoms with Gasteiger partial charge in [-0.25, -0.2) is 9.18 Å². The number of carbonyl (C=O) groups excluding carboxylic acids is 2. The Morgan fingerprint density at radius 2 is 1.97 bits per heavy atom. The highest BCUT2D eigenvalue weighted by Gasteiger charge is 2.35. The Labute approximate surface area is 171 Å². The largest absolute Gasteiger partial charge is 0.479 e. The molecule has 0 radical (unpaired) electrons. The Kier molecular flexibility index (Phi) is 6.33. The first-order chi connectivity index (χ1) is 13.9. The summed E-state index contributed by atoms with van der Waals surface area (Å²) >= 11 is 0.818. The van der Waals surface area contributed by atoms with Gasteiger partial charge in [0.05, 0.1) is 11.4 Å². The number of benzene rings is 2. The first-order valence-electron chi connectivity index (χ1n) is 8.86. The summed E-state index contributed by atoms with van der Waals surface area (Å²) in [4.78, 5) is 37.4. The summed E-state index contributed by atoms with van der Waals surface area (Å²) in [6, 6.07) is 12.2. The molecule has 1 N–H and O–H groups in total. The number of amides is 2. The van der Waals surface area contributed by atoms with Crippen LogP contribution in [0.5, 0.6) is 5.75 Å². The van der Waals surface area contributed by atoms with Crippen molar-refractivity contribution >= 4 is 35.0 Å². The smallest absolute Gasteiger partial charge is 0.344 e. The lowest BCUT2D eigenvalue weighted by Crippen LogP contribution is -2.27. The number of rotatable bonds is 7. The van der Waals surface area contributed by atoms with E-state index in [-0.39, 0.29) is 11.4 Å². The zero-order valence-corrected chi connectivity index (χ0v) is 16.3. The summed E-state index contributed by atoms with van der Waals surface area (Å²) in [5, 5.41) is 8.71. The van der Waals surface area contributed by atoms with Gasteiger partial charge in [-0.3, -0.25) is 14.5 Å². The predicted octanol–water partition coefficient (Wildman–Crippen LogP) is 4.30. The molecule has 2 amide bonds. The molecule has 150 valence electrons. The summed E-state index contributed by atoms with van der Waals surface area (Å²) in [5.41, 5.74) is 1.25. The molecule has 29 heavy (non-hydrogen) atoms. The minimum Gasteiger partial charge on any atom is -0.479 e. The Balaban J connectivity index is 1.76. The summed E-state index contributed by atoms with van der Waals surface area (Å²) in [5.74, 6) is -1.52. The number of hydrogen-bond acceptors (Lipinski definition) is 5. The topological polar surface area (TPSA) is 83.9 Å². The normalized spacial score (nSPS) is 16.3. The second-order valence-corrected chi connectivity index (χ2v) is 7.31. The van der Waals surface area contributed by atoms with Crippen molar-refractivity contribution in [3.63, 3.8) is 0 Å². The monoisotopic (exact) mass is 415 g/mol. The fourth-order valence-electron chi connectivity index (χ4n) is 2.71. The fraction of sp³-hybridized carbons (Fsp3) is 0.190. The van der Waals surface area contributed by atoms with Gasteiger partial charge in [-0.2, -0.15) is 0 Å². The third-order valence-corrected chi connectivity index (χ3v) is 5.12. The van der Waals surface area contributed by atoms with Crippen LogP contribution in [-0.2, 0) is 16.1 Å². The van der Waals surface area contributed by atoms with Gasteiger partial charge in [-0.05, 0) is 59.7 Å². The van der Waals surface area contributed by atoms with Gasteiger partial charge < -0.3 is 9.84 Å². The Morgan fingerprint density at radius 1 is 1.24 bits per heavy atom. The number of halogens is 1. The zero-order valence-electron chi connectivity index (χ0n) is 15.5. The third-order valence-electron chi connectivity index (χ3n) is 4.21. The van der Waals surface area contributed by atoms with Gasteiger partial charge in [-0.1, -0.05) is 31.2 Å². The predicted molar refractivity (Wildman–Crippen MR) is 107 cm³/mol. The molecule has 8 heteroatoms. The molecule has 0 bridgehead atoms. The highest BCUT2D eigenvalue weighted by molar-refractivity contribution is 8.18. The number of imide groups is 1. The molecule has 2 aromatic rings. The first-order valence-corrected chi connectivity index (χ1v) is 9.68. The van der Waals surface area contributed by atoms with Crippen LogP contribution >= 0.6 is 11.8 Å². The van der Waals surface area contributed by atoms with E-state index in [9.17, 15) is 18.8 Å². The summed E-state index contributed by atoms with van der Waals surface area (Å²) in [6.45, 7) is 1.77. The number of carboxylic acids is 1. The number of carboxylic acid groups (broad SMARTS) is 1. The molecule has 3 rings (SSSR count). The molecular formula is C21H18FNO5S. The molecule has 1 heterocycles. The van der Waals surface area contributed by atoms with E-state index < -0.39 is 29.0 Å². The number of nitrogens with zero attached hydrogens (tertiary/aromatic N) is 1. The van der Waals surface area contributed by atoms with Crippen molar-refractivity contribution in [3.8, 4) is 5.75 Å². The highest BCUT2D eigenvalue weighted by Crippen LogP contribution is 2.33. The molecule has 0 aromatic heterocycles. The second-order valence-electron chi connectivity index (χ2n) is 6.32. The molecule has 1 fully saturated rings. The maximum absolute atomic E-state index is 13.0. The van der Waals surface area contributed by atoms with Crippen LogP contribution in [0.2, 0.25) is 0 Å². The summed E-state index contributed by atoms with van der Waals surface area (Å²) in [6.07, 6.45) is 0.902. The molecule has 1 unspecified atom stereocenters. The van der Waals surface area contributed by atoms with Crippen molar-refractivity contribution < 1.29 is 28.6 Å². The molecule has 1 aliphatic rings. The van der Waals surface area contributed by atoms with E-state index in [4.69, 9.17) is 9.84 Å². The number of aliphatic carboxylic acids is 1. The lowest BCUT2D eigenvalue weighted by atomic mass is 10.2. The molecule has 1 aliphatic heterocycles. The Morgan fingerprint density at radius 3 is 2.62 bits per heavy atom. The molecule has 6 nitrogen and oxygen atoms in total. The van der Waals surface area contributed by atoms with E-state index >= 15 is 0 Å². The third kappa shape index (κ3) is 5.03.